The van der Waals surface area contributed by atoms with Gasteiger partial charge in [0.15, 0.2) is 0 Å². The fourth-order valence-corrected chi connectivity index (χ4v) is 1.96. The highest BCUT2D eigenvalue weighted by Gasteiger charge is 2.22. The molecule has 0 heterocycles. The lowest BCUT2D eigenvalue weighted by Gasteiger charge is -2.19. The van der Waals surface area contributed by atoms with Crippen molar-refractivity contribution < 1.29 is 9.53 Å². The van der Waals surface area contributed by atoms with E-state index in [-0.39, 0.29) is 12.0 Å². The molecule has 0 aromatic heterocycles. The lowest BCUT2D eigenvalue weighted by atomic mass is 9.92. The molecule has 2 N–H and O–H groups in total. The van der Waals surface area contributed by atoms with Gasteiger partial charge in [-0.25, -0.2) is 0 Å². The molecule has 1 aliphatic rings. The first-order valence-electron chi connectivity index (χ1n) is 5.06. The summed E-state index contributed by atoms with van der Waals surface area (Å²) in [6.45, 7) is 0. The van der Waals surface area contributed by atoms with E-state index in [4.69, 9.17) is 5.73 Å². The van der Waals surface area contributed by atoms with E-state index in [2.05, 4.69) is 4.74 Å². The second-order valence-electron chi connectivity index (χ2n) is 3.84. The zero-order chi connectivity index (χ0) is 9.68. The molecular formula is C10H19NO2. The van der Waals surface area contributed by atoms with Crippen molar-refractivity contribution in [2.24, 2.45) is 11.7 Å². The van der Waals surface area contributed by atoms with Crippen LogP contribution >= 0.6 is 0 Å². The molecule has 0 aromatic carbocycles. The predicted octanol–water partition coefficient (Wildman–Crippen LogP) is 1.46. The zero-order valence-corrected chi connectivity index (χ0v) is 8.29. The van der Waals surface area contributed by atoms with Crippen molar-refractivity contribution in [2.75, 3.05) is 7.11 Å². The van der Waals surface area contributed by atoms with Gasteiger partial charge < -0.3 is 10.5 Å². The van der Waals surface area contributed by atoms with Crippen molar-refractivity contribution in [3.05, 3.63) is 0 Å². The minimum Gasteiger partial charge on any atom is -0.469 e. The van der Waals surface area contributed by atoms with Crippen molar-refractivity contribution in [2.45, 2.75) is 44.6 Å². The first kappa shape index (κ1) is 10.5. The van der Waals surface area contributed by atoms with Crippen molar-refractivity contribution in [1.82, 2.24) is 0 Å². The van der Waals surface area contributed by atoms with Gasteiger partial charge in [-0.1, -0.05) is 19.3 Å². The van der Waals surface area contributed by atoms with Crippen molar-refractivity contribution in [3.63, 3.8) is 0 Å². The molecule has 0 bridgehead atoms. The van der Waals surface area contributed by atoms with Gasteiger partial charge in [-0.2, -0.15) is 0 Å². The van der Waals surface area contributed by atoms with Crippen molar-refractivity contribution in [3.8, 4) is 0 Å². The Balaban J connectivity index is 2.40. The molecule has 0 aliphatic heterocycles. The van der Waals surface area contributed by atoms with Crippen LogP contribution in [0.2, 0.25) is 0 Å². The maximum absolute atomic E-state index is 11.1. The molecular weight excluding hydrogens is 166 g/mol. The van der Waals surface area contributed by atoms with Crippen LogP contribution in [-0.4, -0.2) is 19.1 Å². The third kappa shape index (κ3) is 3.35. The monoisotopic (exact) mass is 185 g/mol. The quantitative estimate of drug-likeness (QED) is 0.523. The first-order valence-corrected chi connectivity index (χ1v) is 5.06. The van der Waals surface area contributed by atoms with Gasteiger partial charge in [0.1, 0.15) is 0 Å². The zero-order valence-electron chi connectivity index (χ0n) is 8.29. The van der Waals surface area contributed by atoms with E-state index in [9.17, 15) is 4.79 Å². The topological polar surface area (TPSA) is 52.3 Å². The van der Waals surface area contributed by atoms with Crippen LogP contribution in [0.4, 0.5) is 0 Å². The van der Waals surface area contributed by atoms with Gasteiger partial charge in [-0.15, -0.1) is 0 Å². The Labute approximate surface area is 79.6 Å². The van der Waals surface area contributed by atoms with Gasteiger partial charge in [0.2, 0.25) is 0 Å². The SMILES string of the molecule is COC(=O)C[C@H]1CCCCC[C@H]1N. The van der Waals surface area contributed by atoms with Crippen LogP contribution in [0.3, 0.4) is 0 Å². The van der Waals surface area contributed by atoms with Crippen LogP contribution in [0.5, 0.6) is 0 Å². The van der Waals surface area contributed by atoms with E-state index >= 15 is 0 Å². The normalized spacial score (nSPS) is 29.4. The molecule has 76 valence electrons. The molecule has 3 heteroatoms. The standard InChI is InChI=1S/C10H19NO2/c1-13-10(12)7-8-5-3-2-4-6-9(8)11/h8-9H,2-7,11H2,1H3/t8-,9-/m1/s1. The smallest absolute Gasteiger partial charge is 0.305 e. The highest BCUT2D eigenvalue weighted by atomic mass is 16.5. The average molecular weight is 185 g/mol. The molecule has 0 radical (unpaired) electrons. The summed E-state index contributed by atoms with van der Waals surface area (Å²) in [6, 6.07) is 0.196. The number of nitrogens with two attached hydrogens (primary N) is 1. The average Bonchev–Trinajstić information content (AvgIpc) is 2.32. The summed E-state index contributed by atoms with van der Waals surface area (Å²) in [5.74, 6) is 0.220. The molecule has 0 unspecified atom stereocenters. The Morgan fingerprint density at radius 2 is 2.08 bits per heavy atom. The van der Waals surface area contributed by atoms with E-state index in [1.54, 1.807) is 0 Å². The minimum atomic E-state index is -0.123. The van der Waals surface area contributed by atoms with Crippen LogP contribution in [0.1, 0.15) is 38.5 Å². The summed E-state index contributed by atoms with van der Waals surface area (Å²) in [5.41, 5.74) is 5.97. The summed E-state index contributed by atoms with van der Waals surface area (Å²) < 4.78 is 4.65. The van der Waals surface area contributed by atoms with E-state index in [1.165, 1.54) is 26.4 Å². The lowest BCUT2D eigenvalue weighted by molar-refractivity contribution is -0.141. The Morgan fingerprint density at radius 3 is 2.77 bits per heavy atom. The van der Waals surface area contributed by atoms with Crippen LogP contribution in [-0.2, 0) is 9.53 Å². The van der Waals surface area contributed by atoms with Crippen LogP contribution in [0, 0.1) is 5.92 Å². The lowest BCUT2D eigenvalue weighted by Crippen LogP contribution is -2.30. The molecule has 1 aliphatic carbocycles. The largest absolute Gasteiger partial charge is 0.469 e. The van der Waals surface area contributed by atoms with E-state index in [1.807, 2.05) is 0 Å². The maximum atomic E-state index is 11.1. The summed E-state index contributed by atoms with van der Waals surface area (Å²) in [7, 11) is 1.44. The molecule has 0 spiro atoms. The van der Waals surface area contributed by atoms with Crippen molar-refractivity contribution >= 4 is 5.97 Å². The predicted molar refractivity (Wildman–Crippen MR) is 51.2 cm³/mol. The molecule has 1 saturated carbocycles. The summed E-state index contributed by atoms with van der Waals surface area (Å²) >= 11 is 0. The molecule has 13 heavy (non-hydrogen) atoms. The molecule has 0 saturated heterocycles. The van der Waals surface area contributed by atoms with Crippen molar-refractivity contribution in [1.29, 1.82) is 0 Å². The Kier molecular flexibility index (Phi) is 4.22. The number of methoxy groups -OCH3 is 1. The second kappa shape index (κ2) is 5.22. The highest BCUT2D eigenvalue weighted by molar-refractivity contribution is 5.69. The number of carbonyl (C=O) groups excluding carboxylic acids is 1. The van der Waals surface area contributed by atoms with Crippen LogP contribution in [0.25, 0.3) is 0 Å². The summed E-state index contributed by atoms with van der Waals surface area (Å²) in [5, 5.41) is 0. The minimum absolute atomic E-state index is 0.123. The first-order chi connectivity index (χ1) is 6.24. The molecule has 3 nitrogen and oxygen atoms in total. The van der Waals surface area contributed by atoms with Gasteiger partial charge >= 0.3 is 5.97 Å². The van der Waals surface area contributed by atoms with Gasteiger partial charge in [-0.05, 0) is 18.8 Å². The van der Waals surface area contributed by atoms with E-state index < -0.39 is 0 Å². The summed E-state index contributed by atoms with van der Waals surface area (Å²) in [6.07, 6.45) is 6.30. The Bertz CT molecular complexity index is 170. The Hall–Kier alpha value is -0.570. The third-order valence-electron chi connectivity index (χ3n) is 2.87. The molecule has 1 fully saturated rings. The molecule has 0 aromatic rings. The number of ether oxygens (including phenoxy) is 1. The third-order valence-corrected chi connectivity index (χ3v) is 2.87. The Morgan fingerprint density at radius 1 is 1.38 bits per heavy atom. The number of esters is 1. The van der Waals surface area contributed by atoms with Crippen LogP contribution < -0.4 is 5.73 Å². The molecule has 2 atom stereocenters. The fraction of sp³-hybridized carbons (Fsp3) is 0.900. The van der Waals surface area contributed by atoms with Gasteiger partial charge in [0.25, 0.3) is 0 Å². The van der Waals surface area contributed by atoms with Gasteiger partial charge in [-0.3, -0.25) is 4.79 Å². The second-order valence-corrected chi connectivity index (χ2v) is 3.84. The van der Waals surface area contributed by atoms with E-state index in [0.717, 1.165) is 12.8 Å². The highest BCUT2D eigenvalue weighted by Crippen LogP contribution is 2.24. The fourth-order valence-electron chi connectivity index (χ4n) is 1.96. The molecule has 1 rings (SSSR count). The van der Waals surface area contributed by atoms with E-state index in [0.29, 0.717) is 12.3 Å². The molecule has 0 amide bonds. The van der Waals surface area contributed by atoms with Crippen LogP contribution in [0.15, 0.2) is 0 Å². The number of carbonyl (C=O) groups is 1. The number of hydrogen-bond donors (Lipinski definition) is 1. The van der Waals surface area contributed by atoms with Gasteiger partial charge in [0.05, 0.1) is 7.11 Å². The van der Waals surface area contributed by atoms with Gasteiger partial charge in [0, 0.05) is 12.5 Å². The summed E-state index contributed by atoms with van der Waals surface area (Å²) in [4.78, 5) is 11.1. The number of hydrogen-bond acceptors (Lipinski definition) is 3. The maximum Gasteiger partial charge on any atom is 0.305 e. The number of rotatable bonds is 2.